The molecule has 1 aliphatic carbocycles. The van der Waals surface area contributed by atoms with Crippen LogP contribution < -0.4 is 0 Å². The molecule has 3 heteroatoms. The van der Waals surface area contributed by atoms with Gasteiger partial charge in [0.2, 0.25) is 0 Å². The topological polar surface area (TPSA) is 46.5 Å². The molecular formula is C10H18O3. The highest BCUT2D eigenvalue weighted by Gasteiger charge is 2.39. The number of rotatable bonds is 3. The van der Waals surface area contributed by atoms with Gasteiger partial charge in [0, 0.05) is 0 Å². The van der Waals surface area contributed by atoms with Crippen LogP contribution in [0.15, 0.2) is 0 Å². The van der Waals surface area contributed by atoms with Crippen molar-refractivity contribution < 1.29 is 14.6 Å². The van der Waals surface area contributed by atoms with E-state index < -0.39 is 12.1 Å². The van der Waals surface area contributed by atoms with E-state index in [-0.39, 0.29) is 5.92 Å². The predicted molar refractivity (Wildman–Crippen MR) is 49.1 cm³/mol. The summed E-state index contributed by atoms with van der Waals surface area (Å²) < 4.78 is 4.48. The summed E-state index contributed by atoms with van der Waals surface area (Å²) in [6, 6.07) is 0. The number of methoxy groups -OCH3 is 1. The van der Waals surface area contributed by atoms with Crippen molar-refractivity contribution in [3.8, 4) is 0 Å². The standard InChI is InChI=1S/C10H18O3/c1-6(2)7-4-8(5-7)9(11)10(12)13-3/h6-9,11H,4-5H2,1-3H3. The number of aliphatic hydroxyl groups excluding tert-OH is 1. The maximum atomic E-state index is 11.0. The van der Waals surface area contributed by atoms with Gasteiger partial charge in [0.15, 0.2) is 6.10 Å². The Hall–Kier alpha value is -0.570. The second-order valence-electron chi connectivity index (χ2n) is 4.20. The lowest BCUT2D eigenvalue weighted by Crippen LogP contribution is -2.40. The lowest BCUT2D eigenvalue weighted by molar-refractivity contribution is -0.157. The zero-order chi connectivity index (χ0) is 10.0. The maximum Gasteiger partial charge on any atom is 0.334 e. The fraction of sp³-hybridized carbons (Fsp3) is 0.900. The molecule has 0 aromatic carbocycles. The smallest absolute Gasteiger partial charge is 0.334 e. The van der Waals surface area contributed by atoms with Crippen molar-refractivity contribution in [2.75, 3.05) is 7.11 Å². The molecule has 1 aliphatic rings. The Morgan fingerprint density at radius 2 is 1.92 bits per heavy atom. The lowest BCUT2D eigenvalue weighted by Gasteiger charge is -2.39. The second kappa shape index (κ2) is 4.09. The molecule has 1 rings (SSSR count). The zero-order valence-electron chi connectivity index (χ0n) is 8.49. The molecule has 1 unspecified atom stereocenters. The average molecular weight is 186 g/mol. The Kier molecular flexibility index (Phi) is 3.31. The summed E-state index contributed by atoms with van der Waals surface area (Å²) in [5.74, 6) is 0.956. The molecule has 1 atom stereocenters. The fourth-order valence-electron chi connectivity index (χ4n) is 1.82. The van der Waals surface area contributed by atoms with Gasteiger partial charge in [-0.1, -0.05) is 13.8 Å². The summed E-state index contributed by atoms with van der Waals surface area (Å²) in [4.78, 5) is 11.0. The van der Waals surface area contributed by atoms with E-state index in [1.807, 2.05) is 0 Å². The van der Waals surface area contributed by atoms with Gasteiger partial charge in [-0.25, -0.2) is 4.79 Å². The summed E-state index contributed by atoms with van der Waals surface area (Å²) in [6.07, 6.45) is 1.00. The molecule has 0 aromatic heterocycles. The molecule has 0 spiro atoms. The number of carbonyl (C=O) groups excluding carboxylic acids is 1. The largest absolute Gasteiger partial charge is 0.467 e. The second-order valence-corrected chi connectivity index (χ2v) is 4.20. The van der Waals surface area contributed by atoms with Crippen molar-refractivity contribution >= 4 is 5.97 Å². The molecule has 0 heterocycles. The first-order valence-corrected chi connectivity index (χ1v) is 4.82. The van der Waals surface area contributed by atoms with Crippen molar-refractivity contribution in [2.45, 2.75) is 32.8 Å². The molecule has 0 amide bonds. The van der Waals surface area contributed by atoms with Gasteiger partial charge in [-0.2, -0.15) is 0 Å². The molecule has 0 saturated heterocycles. The minimum Gasteiger partial charge on any atom is -0.467 e. The van der Waals surface area contributed by atoms with Crippen LogP contribution in [-0.4, -0.2) is 24.3 Å². The number of hydrogen-bond donors (Lipinski definition) is 1. The first-order chi connectivity index (χ1) is 6.06. The van der Waals surface area contributed by atoms with Crippen molar-refractivity contribution in [3.05, 3.63) is 0 Å². The Labute approximate surface area is 79.1 Å². The molecule has 0 aromatic rings. The number of aliphatic hydroxyl groups is 1. The van der Waals surface area contributed by atoms with E-state index in [0.717, 1.165) is 12.8 Å². The van der Waals surface area contributed by atoms with Gasteiger partial charge in [-0.05, 0) is 30.6 Å². The van der Waals surface area contributed by atoms with Crippen LogP contribution in [0, 0.1) is 17.8 Å². The number of carbonyl (C=O) groups is 1. The minimum atomic E-state index is -0.903. The van der Waals surface area contributed by atoms with E-state index in [1.165, 1.54) is 7.11 Å². The first kappa shape index (κ1) is 10.5. The van der Waals surface area contributed by atoms with Gasteiger partial charge in [0.25, 0.3) is 0 Å². The van der Waals surface area contributed by atoms with Gasteiger partial charge < -0.3 is 9.84 Å². The molecule has 1 fully saturated rings. The van der Waals surface area contributed by atoms with Gasteiger partial charge in [-0.15, -0.1) is 0 Å². The highest BCUT2D eigenvalue weighted by Crippen LogP contribution is 2.40. The number of esters is 1. The Balaban J connectivity index is 2.30. The number of ether oxygens (including phenoxy) is 1. The number of hydrogen-bond acceptors (Lipinski definition) is 3. The van der Waals surface area contributed by atoms with Crippen molar-refractivity contribution in [1.29, 1.82) is 0 Å². The van der Waals surface area contributed by atoms with Gasteiger partial charge in [-0.3, -0.25) is 0 Å². The van der Waals surface area contributed by atoms with Gasteiger partial charge in [0.1, 0.15) is 0 Å². The minimum absolute atomic E-state index is 0.125. The molecule has 0 bridgehead atoms. The summed E-state index contributed by atoms with van der Waals surface area (Å²) in [5.41, 5.74) is 0. The molecule has 1 N–H and O–H groups in total. The Morgan fingerprint density at radius 1 is 1.38 bits per heavy atom. The van der Waals surface area contributed by atoms with E-state index in [0.29, 0.717) is 11.8 Å². The van der Waals surface area contributed by atoms with Crippen LogP contribution in [0.4, 0.5) is 0 Å². The molecule has 1 saturated carbocycles. The fourth-order valence-corrected chi connectivity index (χ4v) is 1.82. The molecule has 3 nitrogen and oxygen atoms in total. The van der Waals surface area contributed by atoms with E-state index in [9.17, 15) is 9.90 Å². The third kappa shape index (κ3) is 2.21. The summed E-state index contributed by atoms with van der Waals surface area (Å²) >= 11 is 0. The highest BCUT2D eigenvalue weighted by atomic mass is 16.5. The van der Waals surface area contributed by atoms with Crippen LogP contribution >= 0.6 is 0 Å². The van der Waals surface area contributed by atoms with E-state index >= 15 is 0 Å². The third-order valence-electron chi connectivity index (χ3n) is 3.04. The maximum absolute atomic E-state index is 11.0. The normalized spacial score (nSPS) is 29.6. The van der Waals surface area contributed by atoms with Crippen LogP contribution in [0.5, 0.6) is 0 Å². The zero-order valence-corrected chi connectivity index (χ0v) is 8.49. The molecule has 76 valence electrons. The van der Waals surface area contributed by atoms with Crippen LogP contribution in [-0.2, 0) is 9.53 Å². The van der Waals surface area contributed by atoms with Crippen molar-refractivity contribution in [2.24, 2.45) is 17.8 Å². The summed E-state index contributed by atoms with van der Waals surface area (Å²) in [6.45, 7) is 4.34. The quantitative estimate of drug-likeness (QED) is 0.674. The Morgan fingerprint density at radius 3 is 2.31 bits per heavy atom. The highest BCUT2D eigenvalue weighted by molar-refractivity contribution is 5.74. The third-order valence-corrected chi connectivity index (χ3v) is 3.04. The van der Waals surface area contributed by atoms with E-state index in [4.69, 9.17) is 0 Å². The average Bonchev–Trinajstić information content (AvgIpc) is 1.99. The van der Waals surface area contributed by atoms with Crippen molar-refractivity contribution in [1.82, 2.24) is 0 Å². The monoisotopic (exact) mass is 186 g/mol. The van der Waals surface area contributed by atoms with Crippen LogP contribution in [0.2, 0.25) is 0 Å². The lowest BCUT2D eigenvalue weighted by atomic mass is 9.67. The van der Waals surface area contributed by atoms with Crippen LogP contribution in [0.25, 0.3) is 0 Å². The SMILES string of the molecule is COC(=O)C(O)C1CC(C(C)C)C1. The van der Waals surface area contributed by atoms with Gasteiger partial charge in [0.05, 0.1) is 7.11 Å². The van der Waals surface area contributed by atoms with Gasteiger partial charge >= 0.3 is 5.97 Å². The molecule has 13 heavy (non-hydrogen) atoms. The molecule has 0 radical (unpaired) electrons. The summed E-state index contributed by atoms with van der Waals surface area (Å²) in [5, 5.41) is 9.46. The van der Waals surface area contributed by atoms with Crippen molar-refractivity contribution in [3.63, 3.8) is 0 Å². The molecule has 0 aliphatic heterocycles. The predicted octanol–water partition coefficient (Wildman–Crippen LogP) is 1.20. The summed E-state index contributed by atoms with van der Waals surface area (Å²) in [7, 11) is 1.31. The van der Waals surface area contributed by atoms with Crippen LogP contribution in [0.3, 0.4) is 0 Å². The van der Waals surface area contributed by atoms with E-state index in [2.05, 4.69) is 18.6 Å². The molecular weight excluding hydrogens is 168 g/mol. The Bertz CT molecular complexity index is 183. The van der Waals surface area contributed by atoms with Crippen LogP contribution in [0.1, 0.15) is 26.7 Å². The van der Waals surface area contributed by atoms with E-state index in [1.54, 1.807) is 0 Å². The first-order valence-electron chi connectivity index (χ1n) is 4.82.